The fourth-order valence-electron chi connectivity index (χ4n) is 1.82. The summed E-state index contributed by atoms with van der Waals surface area (Å²) in [4.78, 5) is 0. The van der Waals surface area contributed by atoms with Gasteiger partial charge in [-0.25, -0.2) is 0 Å². The Bertz CT molecular complexity index is 463. The molecule has 0 fully saturated rings. The summed E-state index contributed by atoms with van der Waals surface area (Å²) in [6.45, 7) is 6.73. The maximum absolute atomic E-state index is 5.61. The Labute approximate surface area is 114 Å². The summed E-state index contributed by atoms with van der Waals surface area (Å²) in [5.41, 5.74) is 1.26. The lowest BCUT2D eigenvalue weighted by Gasteiger charge is -2.10. The van der Waals surface area contributed by atoms with Gasteiger partial charge in [-0.3, -0.25) is 4.68 Å². The van der Waals surface area contributed by atoms with Crippen LogP contribution in [0.4, 0.5) is 0 Å². The topological polar surface area (TPSA) is 39.1 Å². The Balaban J connectivity index is 1.71. The molecule has 4 heteroatoms. The van der Waals surface area contributed by atoms with Crippen molar-refractivity contribution >= 4 is 0 Å². The van der Waals surface area contributed by atoms with Crippen LogP contribution in [0.3, 0.4) is 0 Å². The fraction of sp³-hybridized carbons (Fsp3) is 0.400. The van der Waals surface area contributed by atoms with Crippen LogP contribution in [0.5, 0.6) is 5.75 Å². The molecule has 0 saturated heterocycles. The van der Waals surface area contributed by atoms with E-state index in [0.717, 1.165) is 25.4 Å². The van der Waals surface area contributed by atoms with Crippen LogP contribution in [0, 0.1) is 0 Å². The van der Waals surface area contributed by atoms with Gasteiger partial charge in [0.15, 0.2) is 0 Å². The van der Waals surface area contributed by atoms with Crippen molar-refractivity contribution in [3.05, 3.63) is 48.3 Å². The Morgan fingerprint density at radius 3 is 2.68 bits per heavy atom. The first-order chi connectivity index (χ1) is 9.24. The number of ether oxygens (including phenoxy) is 1. The number of aromatic nitrogens is 2. The molecule has 0 atom stereocenters. The van der Waals surface area contributed by atoms with Crippen molar-refractivity contribution < 1.29 is 4.74 Å². The molecule has 102 valence electrons. The van der Waals surface area contributed by atoms with E-state index >= 15 is 0 Å². The van der Waals surface area contributed by atoms with Gasteiger partial charge in [-0.1, -0.05) is 12.1 Å². The molecule has 4 nitrogen and oxygen atoms in total. The van der Waals surface area contributed by atoms with E-state index in [2.05, 4.69) is 22.5 Å². The summed E-state index contributed by atoms with van der Waals surface area (Å²) in [5.74, 6) is 0.926. The van der Waals surface area contributed by atoms with Crippen LogP contribution in [0.25, 0.3) is 0 Å². The monoisotopic (exact) mass is 259 g/mol. The lowest BCUT2D eigenvalue weighted by molar-refractivity contribution is 0.242. The molecule has 0 bridgehead atoms. The molecule has 2 rings (SSSR count). The second-order valence-electron chi connectivity index (χ2n) is 4.76. The highest BCUT2D eigenvalue weighted by Gasteiger charge is 1.98. The smallest absolute Gasteiger partial charge is 0.119 e. The van der Waals surface area contributed by atoms with Gasteiger partial charge in [0, 0.05) is 25.5 Å². The molecule has 19 heavy (non-hydrogen) atoms. The minimum Gasteiger partial charge on any atom is -0.491 e. The van der Waals surface area contributed by atoms with E-state index in [9.17, 15) is 0 Å². The minimum atomic E-state index is 0.220. The second kappa shape index (κ2) is 6.95. The van der Waals surface area contributed by atoms with Gasteiger partial charge in [0.1, 0.15) is 5.75 Å². The molecule has 2 aromatic rings. The molecular weight excluding hydrogens is 238 g/mol. The number of hydrogen-bond acceptors (Lipinski definition) is 3. The van der Waals surface area contributed by atoms with Crippen molar-refractivity contribution in [3.63, 3.8) is 0 Å². The van der Waals surface area contributed by atoms with Crippen molar-refractivity contribution in [3.8, 4) is 5.75 Å². The largest absolute Gasteiger partial charge is 0.491 e. The summed E-state index contributed by atoms with van der Waals surface area (Å²) in [6, 6.07) is 10.2. The summed E-state index contributed by atoms with van der Waals surface area (Å²) in [6.07, 6.45) is 3.99. The first kappa shape index (κ1) is 13.6. The molecule has 0 unspecified atom stereocenters. The predicted molar refractivity (Wildman–Crippen MR) is 76.1 cm³/mol. The number of nitrogens with one attached hydrogen (secondary N) is 1. The second-order valence-corrected chi connectivity index (χ2v) is 4.76. The number of benzene rings is 1. The maximum Gasteiger partial charge on any atom is 0.119 e. The Hall–Kier alpha value is -1.81. The number of rotatable bonds is 7. The molecule has 0 radical (unpaired) electrons. The summed E-state index contributed by atoms with van der Waals surface area (Å²) < 4.78 is 7.53. The number of hydrogen-bond donors (Lipinski definition) is 1. The molecule has 0 saturated carbocycles. The normalized spacial score (nSPS) is 10.9. The van der Waals surface area contributed by atoms with Crippen LogP contribution in [-0.4, -0.2) is 22.4 Å². The third-order valence-corrected chi connectivity index (χ3v) is 2.70. The molecular formula is C15H21N3O. The average molecular weight is 259 g/mol. The van der Waals surface area contributed by atoms with Gasteiger partial charge in [-0.2, -0.15) is 5.10 Å². The van der Waals surface area contributed by atoms with Gasteiger partial charge < -0.3 is 10.1 Å². The summed E-state index contributed by atoms with van der Waals surface area (Å²) in [7, 11) is 0. The van der Waals surface area contributed by atoms with Crippen LogP contribution in [0.1, 0.15) is 19.4 Å². The SMILES string of the molecule is CC(C)Oc1ccc(CNCCn2cccn2)cc1. The van der Waals surface area contributed by atoms with Crippen molar-refractivity contribution in [2.24, 2.45) is 0 Å². The zero-order valence-corrected chi connectivity index (χ0v) is 11.5. The summed E-state index contributed by atoms with van der Waals surface area (Å²) >= 11 is 0. The highest BCUT2D eigenvalue weighted by Crippen LogP contribution is 2.13. The Morgan fingerprint density at radius 2 is 2.05 bits per heavy atom. The lowest BCUT2D eigenvalue weighted by Crippen LogP contribution is -2.19. The standard InChI is InChI=1S/C15H21N3O/c1-13(2)19-15-6-4-14(5-7-15)12-16-9-11-18-10-3-8-17-18/h3-8,10,13,16H,9,11-12H2,1-2H3. The van der Waals surface area contributed by atoms with E-state index in [4.69, 9.17) is 4.74 Å². The van der Waals surface area contributed by atoms with Gasteiger partial charge in [0.25, 0.3) is 0 Å². The fourth-order valence-corrected chi connectivity index (χ4v) is 1.82. The van der Waals surface area contributed by atoms with Crippen LogP contribution in [0.15, 0.2) is 42.7 Å². The molecule has 1 N–H and O–H groups in total. The molecule has 1 heterocycles. The first-order valence-corrected chi connectivity index (χ1v) is 6.68. The summed E-state index contributed by atoms with van der Waals surface area (Å²) in [5, 5.41) is 7.56. The van der Waals surface area contributed by atoms with E-state index in [1.165, 1.54) is 5.56 Å². The van der Waals surface area contributed by atoms with Crippen molar-refractivity contribution in [1.29, 1.82) is 0 Å². The molecule has 0 aliphatic rings. The van der Waals surface area contributed by atoms with E-state index in [1.54, 1.807) is 6.20 Å². The Morgan fingerprint density at radius 1 is 1.26 bits per heavy atom. The third kappa shape index (κ3) is 4.75. The van der Waals surface area contributed by atoms with Crippen LogP contribution >= 0.6 is 0 Å². The zero-order valence-electron chi connectivity index (χ0n) is 11.5. The van der Waals surface area contributed by atoms with Crippen LogP contribution in [-0.2, 0) is 13.1 Å². The molecule has 0 spiro atoms. The van der Waals surface area contributed by atoms with Gasteiger partial charge in [0.05, 0.1) is 12.6 Å². The van der Waals surface area contributed by atoms with Gasteiger partial charge in [-0.05, 0) is 37.6 Å². The quantitative estimate of drug-likeness (QED) is 0.776. The van der Waals surface area contributed by atoms with Crippen LogP contribution in [0.2, 0.25) is 0 Å². The molecule has 0 amide bonds. The van der Waals surface area contributed by atoms with E-state index in [0.29, 0.717) is 0 Å². The van der Waals surface area contributed by atoms with E-state index < -0.39 is 0 Å². The van der Waals surface area contributed by atoms with Crippen molar-refractivity contribution in [2.45, 2.75) is 33.0 Å². The predicted octanol–water partition coefficient (Wildman–Crippen LogP) is 2.46. The highest BCUT2D eigenvalue weighted by molar-refractivity contribution is 5.27. The van der Waals surface area contributed by atoms with E-state index in [-0.39, 0.29) is 6.10 Å². The molecule has 0 aliphatic carbocycles. The van der Waals surface area contributed by atoms with Crippen molar-refractivity contribution in [1.82, 2.24) is 15.1 Å². The van der Waals surface area contributed by atoms with Gasteiger partial charge >= 0.3 is 0 Å². The minimum absolute atomic E-state index is 0.220. The van der Waals surface area contributed by atoms with E-state index in [1.807, 2.05) is 42.9 Å². The van der Waals surface area contributed by atoms with Gasteiger partial charge in [0.2, 0.25) is 0 Å². The van der Waals surface area contributed by atoms with Gasteiger partial charge in [-0.15, -0.1) is 0 Å². The maximum atomic E-state index is 5.61. The van der Waals surface area contributed by atoms with Crippen LogP contribution < -0.4 is 10.1 Å². The molecule has 1 aromatic carbocycles. The average Bonchev–Trinajstić information content (AvgIpc) is 2.89. The third-order valence-electron chi connectivity index (χ3n) is 2.70. The van der Waals surface area contributed by atoms with Crippen molar-refractivity contribution in [2.75, 3.05) is 6.54 Å². The highest BCUT2D eigenvalue weighted by atomic mass is 16.5. The Kier molecular flexibility index (Phi) is 4.98. The lowest BCUT2D eigenvalue weighted by atomic mass is 10.2. The number of nitrogens with zero attached hydrogens (tertiary/aromatic N) is 2. The molecule has 1 aromatic heterocycles. The first-order valence-electron chi connectivity index (χ1n) is 6.68. The molecule has 0 aliphatic heterocycles. The zero-order chi connectivity index (χ0) is 13.5.